The topological polar surface area (TPSA) is 133 Å². The Kier molecular flexibility index (Phi) is 134. The summed E-state index contributed by atoms with van der Waals surface area (Å²) in [6.07, 6.45) is 118. The van der Waals surface area contributed by atoms with E-state index in [0.717, 1.165) is 180 Å². The van der Waals surface area contributed by atoms with E-state index in [1.54, 1.807) is 0 Å². The summed E-state index contributed by atoms with van der Waals surface area (Å²) in [7, 11) is -18.8. The molecule has 4 unspecified atom stereocenters. The quantitative estimate of drug-likeness (QED) is 0.0327. The number of rotatable bonds is 116. The molecule has 0 aromatic heterocycles. The van der Waals surface area contributed by atoms with Crippen LogP contribution in [-0.2, 0) is 49.7 Å². The predicted molar refractivity (Wildman–Crippen MR) is 582 cm³/mol. The van der Waals surface area contributed by atoms with E-state index in [9.17, 15) is 0 Å². The maximum atomic E-state index is 18.0. The molecular formula is C116H234Nd4O11P4+12. The summed E-state index contributed by atoms with van der Waals surface area (Å²) in [5.41, 5.74) is 0. The van der Waals surface area contributed by atoms with E-state index in [1.807, 2.05) is 0 Å². The minimum absolute atomic E-state index is 0. The monoisotopic (exact) mass is 2500 g/mol. The molecule has 0 aliphatic heterocycles. The summed E-state index contributed by atoms with van der Waals surface area (Å²) in [6, 6.07) is 0. The van der Waals surface area contributed by atoms with Crippen LogP contribution in [0.15, 0.2) is 24.3 Å². The van der Waals surface area contributed by atoms with Crippen LogP contribution in [0.1, 0.15) is 672 Å². The van der Waals surface area contributed by atoms with Crippen LogP contribution in [-0.4, -0.2) is 50.4 Å². The van der Waals surface area contributed by atoms with Crippen molar-refractivity contribution >= 4 is 30.4 Å². The van der Waals surface area contributed by atoms with Crippen LogP contribution >= 0.6 is 30.4 Å². The van der Waals surface area contributed by atoms with Crippen molar-refractivity contribution in [2.75, 3.05) is 39.6 Å². The van der Waals surface area contributed by atoms with Gasteiger partial charge in [-0.1, -0.05) is 593 Å². The van der Waals surface area contributed by atoms with E-state index in [4.69, 9.17) is 31.5 Å². The minimum Gasteiger partial charge on any atom is -0.308 e. The molecule has 788 valence electrons. The van der Waals surface area contributed by atoms with Crippen LogP contribution in [0.5, 0.6) is 0 Å². The average molecular weight is 2510 g/mol. The van der Waals surface area contributed by atoms with Gasteiger partial charge in [-0.2, -0.15) is 0 Å². The third kappa shape index (κ3) is 101. The number of hydrogen-bond donors (Lipinski definition) is 0. The van der Waals surface area contributed by atoms with Crippen molar-refractivity contribution in [1.29, 1.82) is 0 Å². The Morgan fingerprint density at radius 1 is 0.148 bits per heavy atom. The van der Waals surface area contributed by atoms with Gasteiger partial charge in [0, 0.05) is 0 Å². The van der Waals surface area contributed by atoms with Crippen molar-refractivity contribution in [3.8, 4) is 0 Å². The molecule has 0 fully saturated rings. The molecule has 0 amide bonds. The molecule has 0 aliphatic carbocycles. The largest absolute Gasteiger partial charge is 3.00 e. The van der Waals surface area contributed by atoms with Crippen molar-refractivity contribution in [2.45, 2.75) is 683 Å². The first-order chi connectivity index (χ1) is 64.5. The molecule has 0 bridgehead atoms. The van der Waals surface area contributed by atoms with Crippen molar-refractivity contribution in [3.63, 3.8) is 0 Å². The van der Waals surface area contributed by atoms with Gasteiger partial charge < -0.3 is 27.1 Å². The van der Waals surface area contributed by atoms with Crippen LogP contribution in [0.2, 0.25) is 0 Å². The molecule has 0 N–H and O–H groups in total. The van der Waals surface area contributed by atoms with E-state index in [0.29, 0.717) is 51.4 Å². The molecule has 0 aliphatic rings. The second kappa shape index (κ2) is 121. The summed E-state index contributed by atoms with van der Waals surface area (Å²) in [4.78, 5) is 0. The molecule has 0 heterocycles. The van der Waals surface area contributed by atoms with Crippen LogP contribution in [0, 0.1) is 163 Å². The summed E-state index contributed by atoms with van der Waals surface area (Å²) in [5.74, 6) is 0. The molecule has 135 heavy (non-hydrogen) atoms. The number of hydrogen-bond acceptors (Lipinski definition) is 11. The van der Waals surface area contributed by atoms with Crippen LogP contribution in [0.3, 0.4) is 0 Å². The molecule has 0 aromatic rings. The van der Waals surface area contributed by atoms with Gasteiger partial charge in [-0.3, -0.25) is 18.3 Å². The van der Waals surface area contributed by atoms with Gasteiger partial charge in [0.05, 0.1) is 39.6 Å². The first-order valence-corrected chi connectivity index (χ1v) is 66.2. The first-order valence-electron chi connectivity index (χ1n) is 59.7. The molecular weight excluding hydrogens is 2270 g/mol. The Morgan fingerprint density at radius 3 is 0.400 bits per heavy atom. The van der Waals surface area contributed by atoms with Crippen LogP contribution in [0.25, 0.3) is 0 Å². The number of unbranched alkanes of at least 4 members (excludes halogenated alkanes) is 84. The van der Waals surface area contributed by atoms with Gasteiger partial charge >= 0.3 is 194 Å². The maximum absolute atomic E-state index is 18.0. The van der Waals surface area contributed by atoms with Gasteiger partial charge in [-0.15, -0.1) is 0 Å². The average Bonchev–Trinajstić information content (AvgIpc) is 0.752. The molecule has 4 radical (unpaired) electrons. The smallest absolute Gasteiger partial charge is 0.308 e. The predicted octanol–water partition coefficient (Wildman–Crippen LogP) is 45.2. The third-order valence-corrected chi connectivity index (χ3v) is 40.2. The molecule has 4 atom stereocenters. The zero-order chi connectivity index (χ0) is 95.1. The van der Waals surface area contributed by atoms with Crippen molar-refractivity contribution in [3.05, 3.63) is 24.3 Å². The van der Waals surface area contributed by atoms with Crippen molar-refractivity contribution < 1.29 is 213 Å². The van der Waals surface area contributed by atoms with Gasteiger partial charge in [0.15, 0.2) is 10.8 Å². The third-order valence-electron chi connectivity index (χ3n) is 27.8. The number of allylic oxidation sites excluding steroid dienone is 4. The fourth-order valence-electron chi connectivity index (χ4n) is 18.8. The first kappa shape index (κ1) is 149. The van der Waals surface area contributed by atoms with E-state index in [-0.39, 0.29) is 216 Å². The molecule has 19 heteroatoms. The molecule has 0 aromatic carbocycles. The summed E-state index contributed by atoms with van der Waals surface area (Å²) < 4.78 is 120. The van der Waals surface area contributed by atoms with E-state index < -0.39 is 41.2 Å². The molecule has 0 spiro atoms. The molecule has 0 saturated carbocycles. The summed E-state index contributed by atoms with van der Waals surface area (Å²) in [6.45, 7) is 19.0. The molecule has 0 saturated heterocycles. The van der Waals surface area contributed by atoms with E-state index in [1.165, 1.54) is 372 Å². The van der Waals surface area contributed by atoms with Gasteiger partial charge in [0.1, 0.15) is 0 Å². The summed E-state index contributed by atoms with van der Waals surface area (Å²) in [5, 5.41) is -2.80. The Labute approximate surface area is 977 Å². The fourth-order valence-corrected chi connectivity index (χ4v) is 31.5. The Bertz CT molecular complexity index is 2430. The Balaban J connectivity index is -0.0000141. The minimum atomic E-state index is -4.95. The van der Waals surface area contributed by atoms with E-state index >= 15 is 18.3 Å². The van der Waals surface area contributed by atoms with Gasteiger partial charge in [0.2, 0.25) is 0 Å². The van der Waals surface area contributed by atoms with Crippen molar-refractivity contribution in [2.24, 2.45) is 0 Å². The van der Waals surface area contributed by atoms with Crippen molar-refractivity contribution in [1.82, 2.24) is 0 Å². The second-order valence-electron chi connectivity index (χ2n) is 40.9. The summed E-state index contributed by atoms with van der Waals surface area (Å²) >= 11 is 0. The zero-order valence-corrected chi connectivity index (χ0v) is 108. The van der Waals surface area contributed by atoms with Gasteiger partial charge in [-0.05, 0) is 103 Å². The SMILES string of the molecule is CCCCCCCC/C=C\CCCCCCCCOP(=O)(OCCCCCCCC/C=C\CCCCCCCC)C(CCCCCCCCCCCCCCCCC)P(=O)(OCCCCCCCCCCCCCCCCCC)OP(=O)(OCCCCCCCCCC)C(CCCCCCCCC)P(=O)(OCCCCCCCCCCCC)OCCCCCCCCCCCC.[Nd+3].[Nd+3].[Nd+3].[Nd+3]. The van der Waals surface area contributed by atoms with Gasteiger partial charge in [0.25, 0.3) is 0 Å². The van der Waals surface area contributed by atoms with Crippen LogP contribution in [0.4, 0.5) is 0 Å². The zero-order valence-electron chi connectivity index (χ0n) is 91.9. The molecule has 0 rings (SSSR count). The normalized spacial score (nSPS) is 13.3. The fraction of sp³-hybridized carbons (Fsp3) is 0.966. The van der Waals surface area contributed by atoms with E-state index in [2.05, 4.69) is 79.7 Å². The Morgan fingerprint density at radius 2 is 0.259 bits per heavy atom. The Hall–Kier alpha value is 5.52. The molecule has 11 nitrogen and oxygen atoms in total. The van der Waals surface area contributed by atoms with Crippen LogP contribution < -0.4 is 0 Å². The maximum Gasteiger partial charge on any atom is 3.00 e. The second-order valence-corrected chi connectivity index (χ2v) is 50.7. The standard InChI is InChI=1S/C116H234O11P4.4Nd/c1-9-17-25-33-41-48-54-58-62-66-70-74-80-88-95-103-111-123-129(118,124-112-104-96-89-81-75-71-67-63-59-55-49-42-34-26-18-10-2)116(108-100-92-84-77-73-69-65-61-57-51-44-36-28-20-12-4)131(120,126-114-106-98-90-82-76-72-68-64-60-56-50-43-35-27-19-11-3)127-130(119,125-113-105-97-85-47-39-31-23-15-7)115(107-99-91-83-40-32-24-16-8)128(117,121-109-101-93-86-78-52-45-37-29-21-13-5)122-110-102-94-87-79-53-46-38-30-22-14-6;;;;/h58-59,62-63,115-116H,9-57,60-61,64-114H2,1-8H3;;;;/q;4*+3/b62-58-,63-59-;;;;. The van der Waals surface area contributed by atoms with Gasteiger partial charge in [-0.25, -0.2) is 4.31 Å².